The zero-order valence-electron chi connectivity index (χ0n) is 9.93. The van der Waals surface area contributed by atoms with Crippen molar-refractivity contribution in [3.63, 3.8) is 0 Å². The summed E-state index contributed by atoms with van der Waals surface area (Å²) in [7, 11) is 0. The van der Waals surface area contributed by atoms with Crippen LogP contribution in [0.3, 0.4) is 0 Å². The van der Waals surface area contributed by atoms with Crippen molar-refractivity contribution in [2.75, 3.05) is 26.4 Å². The molecular weight excluding hydrogens is 216 g/mol. The number of ether oxygens (including phenoxy) is 2. The number of benzene rings is 1. The van der Waals surface area contributed by atoms with Gasteiger partial charge >= 0.3 is 0 Å². The minimum Gasteiger partial charge on any atom is -0.381 e. The maximum absolute atomic E-state index is 11.6. The van der Waals surface area contributed by atoms with Gasteiger partial charge in [-0.1, -0.05) is 30.3 Å². The molecule has 1 unspecified atom stereocenters. The van der Waals surface area contributed by atoms with E-state index in [2.05, 4.69) is 0 Å². The van der Waals surface area contributed by atoms with Gasteiger partial charge in [-0.2, -0.15) is 0 Å². The number of carbonyl (C=O) groups excluding carboxylic acids is 1. The topological polar surface area (TPSA) is 35.5 Å². The molecular formula is C14H18O3. The van der Waals surface area contributed by atoms with Crippen LogP contribution in [-0.2, 0) is 20.7 Å². The Morgan fingerprint density at radius 2 is 2.18 bits per heavy atom. The van der Waals surface area contributed by atoms with E-state index in [4.69, 9.17) is 9.47 Å². The van der Waals surface area contributed by atoms with Gasteiger partial charge < -0.3 is 9.47 Å². The monoisotopic (exact) mass is 234 g/mol. The smallest absolute Gasteiger partial charge is 0.162 e. The Balaban J connectivity index is 1.64. The van der Waals surface area contributed by atoms with Gasteiger partial charge in [0.1, 0.15) is 6.61 Å². The van der Waals surface area contributed by atoms with Crippen molar-refractivity contribution in [3.05, 3.63) is 35.9 Å². The summed E-state index contributed by atoms with van der Waals surface area (Å²) >= 11 is 0. The van der Waals surface area contributed by atoms with E-state index in [0.29, 0.717) is 18.9 Å². The quantitative estimate of drug-likeness (QED) is 0.753. The van der Waals surface area contributed by atoms with Crippen molar-refractivity contribution >= 4 is 5.78 Å². The van der Waals surface area contributed by atoms with Crippen LogP contribution in [0.25, 0.3) is 0 Å². The predicted molar refractivity (Wildman–Crippen MR) is 64.9 cm³/mol. The molecule has 1 atom stereocenters. The summed E-state index contributed by atoms with van der Waals surface area (Å²) in [5.41, 5.74) is 1.05. The zero-order chi connectivity index (χ0) is 11.9. The van der Waals surface area contributed by atoms with Crippen LogP contribution in [0.15, 0.2) is 30.3 Å². The molecule has 1 saturated heterocycles. The molecule has 0 bridgehead atoms. The van der Waals surface area contributed by atoms with Gasteiger partial charge in [-0.3, -0.25) is 4.79 Å². The maximum atomic E-state index is 11.6. The Labute approximate surface area is 102 Å². The van der Waals surface area contributed by atoms with Crippen molar-refractivity contribution in [3.8, 4) is 0 Å². The summed E-state index contributed by atoms with van der Waals surface area (Å²) in [4.78, 5) is 11.6. The lowest BCUT2D eigenvalue weighted by Gasteiger charge is -2.08. The first-order chi connectivity index (χ1) is 8.34. The standard InChI is InChI=1S/C14H18O3/c15-14(8-12-4-2-1-3-5-12)11-17-10-13-6-7-16-9-13/h1-5,13H,6-11H2. The molecule has 1 aromatic carbocycles. The average Bonchev–Trinajstić information content (AvgIpc) is 2.83. The molecule has 2 rings (SSSR count). The van der Waals surface area contributed by atoms with Gasteiger partial charge in [0.15, 0.2) is 5.78 Å². The first kappa shape index (κ1) is 12.3. The molecule has 17 heavy (non-hydrogen) atoms. The van der Waals surface area contributed by atoms with Crippen molar-refractivity contribution < 1.29 is 14.3 Å². The van der Waals surface area contributed by atoms with Crippen LogP contribution >= 0.6 is 0 Å². The maximum Gasteiger partial charge on any atom is 0.162 e. The van der Waals surface area contributed by atoms with Crippen LogP contribution in [0.1, 0.15) is 12.0 Å². The summed E-state index contributed by atoms with van der Waals surface area (Å²) < 4.78 is 10.7. The Morgan fingerprint density at radius 3 is 2.88 bits per heavy atom. The highest BCUT2D eigenvalue weighted by molar-refractivity contribution is 5.82. The molecule has 0 saturated carbocycles. The first-order valence-corrected chi connectivity index (χ1v) is 6.05. The predicted octanol–water partition coefficient (Wildman–Crippen LogP) is 1.85. The third-order valence-electron chi connectivity index (χ3n) is 2.88. The van der Waals surface area contributed by atoms with Crippen molar-refractivity contribution in [1.29, 1.82) is 0 Å². The molecule has 0 spiro atoms. The second-order valence-corrected chi connectivity index (χ2v) is 4.45. The molecule has 0 aliphatic carbocycles. The van der Waals surface area contributed by atoms with Crippen LogP contribution in [0, 0.1) is 5.92 Å². The van der Waals surface area contributed by atoms with E-state index in [1.165, 1.54) is 0 Å². The Morgan fingerprint density at radius 1 is 1.35 bits per heavy atom. The van der Waals surface area contributed by atoms with Crippen molar-refractivity contribution in [2.24, 2.45) is 5.92 Å². The van der Waals surface area contributed by atoms with Crippen molar-refractivity contribution in [1.82, 2.24) is 0 Å². The number of Topliss-reactive ketones (excluding diaryl/α,β-unsaturated/α-hetero) is 1. The Hall–Kier alpha value is -1.19. The summed E-state index contributed by atoms with van der Waals surface area (Å²) in [6, 6.07) is 9.76. The molecule has 1 aliphatic heterocycles. The lowest BCUT2D eigenvalue weighted by molar-refractivity contribution is -0.123. The van der Waals surface area contributed by atoms with Gasteiger partial charge in [-0.15, -0.1) is 0 Å². The molecule has 0 amide bonds. The lowest BCUT2D eigenvalue weighted by atomic mass is 10.1. The van der Waals surface area contributed by atoms with Crippen LogP contribution in [0.5, 0.6) is 0 Å². The molecule has 1 heterocycles. The van der Waals surface area contributed by atoms with E-state index in [9.17, 15) is 4.79 Å². The molecule has 1 aromatic rings. The third-order valence-corrected chi connectivity index (χ3v) is 2.88. The molecule has 3 nitrogen and oxygen atoms in total. The molecule has 1 fully saturated rings. The summed E-state index contributed by atoms with van der Waals surface area (Å²) in [6.45, 7) is 2.45. The van der Waals surface area contributed by atoms with E-state index in [1.54, 1.807) is 0 Å². The van der Waals surface area contributed by atoms with Gasteiger partial charge in [-0.25, -0.2) is 0 Å². The van der Waals surface area contributed by atoms with E-state index >= 15 is 0 Å². The normalized spacial score (nSPS) is 19.4. The number of hydrogen-bond donors (Lipinski definition) is 0. The zero-order valence-corrected chi connectivity index (χ0v) is 9.93. The molecule has 0 aromatic heterocycles. The second kappa shape index (κ2) is 6.52. The first-order valence-electron chi connectivity index (χ1n) is 6.05. The second-order valence-electron chi connectivity index (χ2n) is 4.45. The highest BCUT2D eigenvalue weighted by Gasteiger charge is 2.16. The van der Waals surface area contributed by atoms with E-state index in [0.717, 1.165) is 25.2 Å². The highest BCUT2D eigenvalue weighted by atomic mass is 16.5. The summed E-state index contributed by atoms with van der Waals surface area (Å²) in [5.74, 6) is 0.606. The van der Waals surface area contributed by atoms with Crippen molar-refractivity contribution in [2.45, 2.75) is 12.8 Å². The largest absolute Gasteiger partial charge is 0.381 e. The van der Waals surface area contributed by atoms with Gasteiger partial charge in [0.05, 0.1) is 13.2 Å². The van der Waals surface area contributed by atoms with Crippen LogP contribution in [-0.4, -0.2) is 32.2 Å². The van der Waals surface area contributed by atoms with E-state index in [1.807, 2.05) is 30.3 Å². The minimum absolute atomic E-state index is 0.134. The minimum atomic E-state index is 0.134. The number of ketones is 1. The summed E-state index contributed by atoms with van der Waals surface area (Å²) in [5, 5.41) is 0. The van der Waals surface area contributed by atoms with E-state index < -0.39 is 0 Å². The fraction of sp³-hybridized carbons (Fsp3) is 0.500. The van der Waals surface area contributed by atoms with Gasteiger partial charge in [0.25, 0.3) is 0 Å². The van der Waals surface area contributed by atoms with Crippen LogP contribution in [0.2, 0.25) is 0 Å². The van der Waals surface area contributed by atoms with Gasteiger partial charge in [0.2, 0.25) is 0 Å². The average molecular weight is 234 g/mol. The molecule has 1 aliphatic rings. The van der Waals surface area contributed by atoms with Gasteiger partial charge in [-0.05, 0) is 12.0 Å². The highest BCUT2D eigenvalue weighted by Crippen LogP contribution is 2.12. The van der Waals surface area contributed by atoms with Crippen LogP contribution in [0.4, 0.5) is 0 Å². The number of carbonyl (C=O) groups is 1. The molecule has 3 heteroatoms. The van der Waals surface area contributed by atoms with Crippen LogP contribution < -0.4 is 0 Å². The molecule has 0 radical (unpaired) electrons. The SMILES string of the molecule is O=C(COCC1CCOC1)Cc1ccccc1. The molecule has 92 valence electrons. The number of hydrogen-bond acceptors (Lipinski definition) is 3. The lowest BCUT2D eigenvalue weighted by Crippen LogP contribution is -2.16. The fourth-order valence-electron chi connectivity index (χ4n) is 1.93. The fourth-order valence-corrected chi connectivity index (χ4v) is 1.93. The third kappa shape index (κ3) is 4.29. The summed E-state index contributed by atoms with van der Waals surface area (Å²) in [6.07, 6.45) is 1.51. The molecule has 0 N–H and O–H groups in total. The van der Waals surface area contributed by atoms with E-state index in [-0.39, 0.29) is 12.4 Å². The Bertz CT molecular complexity index is 342. The number of rotatable bonds is 6. The van der Waals surface area contributed by atoms with Gasteiger partial charge in [0, 0.05) is 18.9 Å². The Kier molecular flexibility index (Phi) is 4.71.